The molecule has 0 saturated carbocycles. The number of benzene rings is 7. The fourth-order valence-corrected chi connectivity index (χ4v) is 12.3. The summed E-state index contributed by atoms with van der Waals surface area (Å²) in [4.78, 5) is 0. The molecule has 0 aliphatic carbocycles. The van der Waals surface area contributed by atoms with Crippen molar-refractivity contribution in [3.05, 3.63) is 188 Å². The van der Waals surface area contributed by atoms with Crippen LogP contribution < -0.4 is 20.7 Å². The molecule has 0 fully saturated rings. The number of nitrogens with zero attached hydrogens (tertiary/aromatic N) is 2. The van der Waals surface area contributed by atoms with Gasteiger partial charge in [0.2, 0.25) is 0 Å². The van der Waals surface area contributed by atoms with Crippen LogP contribution in [0.2, 0.25) is 0 Å². The van der Waals surface area contributed by atoms with E-state index in [4.69, 9.17) is 0 Å². The summed E-state index contributed by atoms with van der Waals surface area (Å²) in [5.41, 5.74) is 5.91. The number of nitriles is 1. The molecule has 0 radical (unpaired) electrons. The van der Waals surface area contributed by atoms with Gasteiger partial charge in [-0.15, -0.1) is 0 Å². The SMILES string of the molecule is N#Cc1cc(-c2ccccc2[Si](c2ccccc2)(c2ccccc2)c2ccccc2)ccc1-n1c2ccccc2c2ccccc21. The maximum atomic E-state index is 10.6. The molecular weight excluding hydrogens is 573 g/mol. The van der Waals surface area contributed by atoms with Crippen LogP contribution in [-0.2, 0) is 0 Å². The molecule has 0 bridgehead atoms. The third-order valence-electron chi connectivity index (χ3n) is 9.20. The summed E-state index contributed by atoms with van der Waals surface area (Å²) in [7, 11) is -2.78. The first-order valence-electron chi connectivity index (χ1n) is 15.6. The van der Waals surface area contributed by atoms with E-state index >= 15 is 0 Å². The molecule has 0 atom stereocenters. The minimum Gasteiger partial charge on any atom is -0.308 e. The Balaban J connectivity index is 1.40. The standard InChI is InChI=1S/C43H30N2Si/c44-31-33-30-32(28-29-40(33)45-41-25-13-10-23-38(41)39-24-11-14-26-42(39)45)37-22-12-15-27-43(37)46(34-16-4-1-5-17-34,35-18-6-2-7-19-35)36-20-8-3-9-21-36/h1-30H. The normalized spacial score (nSPS) is 11.5. The largest absolute Gasteiger partial charge is 0.308 e. The summed E-state index contributed by atoms with van der Waals surface area (Å²) >= 11 is 0. The minimum absolute atomic E-state index is 0.644. The van der Waals surface area contributed by atoms with Crippen LogP contribution in [0.15, 0.2) is 182 Å². The number of fused-ring (bicyclic) bond motifs is 3. The molecule has 1 heterocycles. The Bertz CT molecular complexity index is 2220. The fourth-order valence-electron chi connectivity index (χ4n) is 7.26. The summed E-state index contributed by atoms with van der Waals surface area (Å²) in [6.07, 6.45) is 0. The van der Waals surface area contributed by atoms with E-state index in [-0.39, 0.29) is 0 Å². The number of rotatable bonds is 6. The predicted octanol–water partition coefficient (Wildman–Crippen LogP) is 7.70. The lowest BCUT2D eigenvalue weighted by atomic mass is 10.0. The van der Waals surface area contributed by atoms with Gasteiger partial charge in [-0.1, -0.05) is 158 Å². The Labute approximate surface area is 270 Å². The highest BCUT2D eigenvalue weighted by molar-refractivity contribution is 7.20. The van der Waals surface area contributed by atoms with Crippen molar-refractivity contribution in [1.82, 2.24) is 4.57 Å². The van der Waals surface area contributed by atoms with Crippen molar-refractivity contribution in [2.24, 2.45) is 0 Å². The number of hydrogen-bond donors (Lipinski definition) is 0. The molecule has 0 unspecified atom stereocenters. The smallest absolute Gasteiger partial charge is 0.180 e. The van der Waals surface area contributed by atoms with Gasteiger partial charge < -0.3 is 4.57 Å². The molecular formula is C43H30N2Si. The quantitative estimate of drug-likeness (QED) is 0.142. The molecule has 46 heavy (non-hydrogen) atoms. The second-order valence-corrected chi connectivity index (χ2v) is 15.4. The monoisotopic (exact) mass is 602 g/mol. The molecule has 0 amide bonds. The topological polar surface area (TPSA) is 28.7 Å². The Morgan fingerprint density at radius 2 is 0.913 bits per heavy atom. The minimum atomic E-state index is -2.78. The Morgan fingerprint density at radius 3 is 1.43 bits per heavy atom. The summed E-state index contributed by atoms with van der Waals surface area (Å²) in [5.74, 6) is 0. The highest BCUT2D eigenvalue weighted by atomic mass is 28.3. The van der Waals surface area contributed by atoms with Gasteiger partial charge in [-0.2, -0.15) is 5.26 Å². The van der Waals surface area contributed by atoms with Gasteiger partial charge in [0.25, 0.3) is 0 Å². The van der Waals surface area contributed by atoms with Crippen LogP contribution >= 0.6 is 0 Å². The third kappa shape index (κ3) is 4.31. The van der Waals surface area contributed by atoms with Crippen LogP contribution in [0.3, 0.4) is 0 Å². The molecule has 8 rings (SSSR count). The second-order valence-electron chi connectivity index (χ2n) is 11.6. The molecule has 8 aromatic rings. The zero-order valence-corrected chi connectivity index (χ0v) is 26.2. The first-order valence-corrected chi connectivity index (χ1v) is 17.6. The summed E-state index contributed by atoms with van der Waals surface area (Å²) in [6, 6.07) is 67.6. The van der Waals surface area contributed by atoms with E-state index in [1.54, 1.807) is 0 Å². The molecule has 2 nitrogen and oxygen atoms in total. The molecule has 3 heteroatoms. The maximum Gasteiger partial charge on any atom is 0.180 e. The van der Waals surface area contributed by atoms with Crippen molar-refractivity contribution in [2.45, 2.75) is 0 Å². The van der Waals surface area contributed by atoms with Crippen molar-refractivity contribution < 1.29 is 0 Å². The van der Waals surface area contributed by atoms with Crippen molar-refractivity contribution in [2.75, 3.05) is 0 Å². The van der Waals surface area contributed by atoms with Crippen LogP contribution in [-0.4, -0.2) is 12.6 Å². The Kier molecular flexibility index (Phi) is 6.91. The van der Waals surface area contributed by atoms with Gasteiger partial charge in [-0.25, -0.2) is 0 Å². The van der Waals surface area contributed by atoms with E-state index in [1.165, 1.54) is 31.5 Å². The lowest BCUT2D eigenvalue weighted by Gasteiger charge is -2.36. The molecule has 216 valence electrons. The van der Waals surface area contributed by atoms with Crippen LogP contribution in [0.25, 0.3) is 38.6 Å². The summed E-state index contributed by atoms with van der Waals surface area (Å²) in [6.45, 7) is 0. The van der Waals surface area contributed by atoms with Gasteiger partial charge in [0.1, 0.15) is 6.07 Å². The van der Waals surface area contributed by atoms with Crippen LogP contribution in [0.5, 0.6) is 0 Å². The predicted molar refractivity (Wildman–Crippen MR) is 195 cm³/mol. The van der Waals surface area contributed by atoms with E-state index in [2.05, 4.69) is 193 Å². The lowest BCUT2D eigenvalue weighted by molar-refractivity contribution is 1.17. The van der Waals surface area contributed by atoms with Gasteiger partial charge in [0.15, 0.2) is 8.07 Å². The summed E-state index contributed by atoms with van der Waals surface area (Å²) < 4.78 is 2.23. The van der Waals surface area contributed by atoms with E-state index in [9.17, 15) is 5.26 Å². The molecule has 0 N–H and O–H groups in total. The van der Waals surface area contributed by atoms with Crippen LogP contribution in [0.1, 0.15) is 5.56 Å². The second kappa shape index (κ2) is 11.5. The van der Waals surface area contributed by atoms with Crippen molar-refractivity contribution in [1.29, 1.82) is 5.26 Å². The van der Waals surface area contributed by atoms with Gasteiger partial charge in [0, 0.05) is 10.8 Å². The van der Waals surface area contributed by atoms with Crippen molar-refractivity contribution >= 4 is 50.6 Å². The zero-order valence-electron chi connectivity index (χ0n) is 25.2. The van der Waals surface area contributed by atoms with Gasteiger partial charge in [-0.05, 0) is 56.1 Å². The summed E-state index contributed by atoms with van der Waals surface area (Å²) in [5, 5.41) is 18.3. The molecule has 0 spiro atoms. The molecule has 0 saturated heterocycles. The van der Waals surface area contributed by atoms with Crippen molar-refractivity contribution in [3.63, 3.8) is 0 Å². The first kappa shape index (κ1) is 27.6. The zero-order chi connectivity index (χ0) is 30.9. The van der Waals surface area contributed by atoms with Gasteiger partial charge >= 0.3 is 0 Å². The Hall–Kier alpha value is -5.95. The molecule has 1 aromatic heterocycles. The number of hydrogen-bond acceptors (Lipinski definition) is 1. The average molecular weight is 603 g/mol. The number of para-hydroxylation sites is 2. The van der Waals surface area contributed by atoms with Crippen LogP contribution in [0.4, 0.5) is 0 Å². The van der Waals surface area contributed by atoms with Gasteiger partial charge in [0.05, 0.1) is 22.3 Å². The molecule has 0 aliphatic heterocycles. The number of aromatic nitrogens is 1. The molecule has 7 aromatic carbocycles. The average Bonchev–Trinajstić information content (AvgIpc) is 3.47. The van der Waals surface area contributed by atoms with Crippen LogP contribution in [0, 0.1) is 11.3 Å². The van der Waals surface area contributed by atoms with E-state index in [0.29, 0.717) is 5.56 Å². The van der Waals surface area contributed by atoms with E-state index < -0.39 is 8.07 Å². The molecule has 0 aliphatic rings. The maximum absolute atomic E-state index is 10.6. The van der Waals surface area contributed by atoms with E-state index in [1.807, 2.05) is 0 Å². The van der Waals surface area contributed by atoms with E-state index in [0.717, 1.165) is 27.8 Å². The van der Waals surface area contributed by atoms with Crippen molar-refractivity contribution in [3.8, 4) is 22.9 Å². The van der Waals surface area contributed by atoms with Gasteiger partial charge in [-0.3, -0.25) is 0 Å². The Morgan fingerprint density at radius 1 is 0.457 bits per heavy atom. The lowest BCUT2D eigenvalue weighted by Crippen LogP contribution is -2.75. The fraction of sp³-hybridized carbons (Fsp3) is 0. The highest BCUT2D eigenvalue weighted by Gasteiger charge is 2.42. The first-order chi connectivity index (χ1) is 22.8. The highest BCUT2D eigenvalue weighted by Crippen LogP contribution is 2.34. The third-order valence-corrected chi connectivity index (χ3v) is 14.0.